The third kappa shape index (κ3) is 5.28. The number of hydrogen-bond donors (Lipinski definition) is 1. The van der Waals surface area contributed by atoms with Crippen molar-refractivity contribution in [3.05, 3.63) is 175 Å². The van der Waals surface area contributed by atoms with Gasteiger partial charge in [0.1, 0.15) is 0 Å². The van der Waals surface area contributed by atoms with E-state index in [1.807, 2.05) is 63.8 Å². The molecular formula is C57H32N4S4. The average molecular weight is 901 g/mol. The van der Waals surface area contributed by atoms with E-state index in [-0.39, 0.29) is 0 Å². The van der Waals surface area contributed by atoms with Gasteiger partial charge in [-0.15, -0.1) is 45.3 Å². The molecule has 304 valence electrons. The summed E-state index contributed by atoms with van der Waals surface area (Å²) >= 11 is 7.43. The Labute approximate surface area is 387 Å². The highest BCUT2D eigenvalue weighted by molar-refractivity contribution is 7.27. The number of hydrogen-bond acceptors (Lipinski definition) is 7. The molecule has 0 spiro atoms. The first-order chi connectivity index (χ1) is 32.2. The van der Waals surface area contributed by atoms with Crippen LogP contribution in [0.15, 0.2) is 170 Å². The molecule has 8 heteroatoms. The maximum atomic E-state index is 5.02. The second-order valence-electron chi connectivity index (χ2n) is 16.9. The lowest BCUT2D eigenvalue weighted by Gasteiger charge is -2.14. The third-order valence-electron chi connectivity index (χ3n) is 13.3. The van der Waals surface area contributed by atoms with Gasteiger partial charge >= 0.3 is 0 Å². The highest BCUT2D eigenvalue weighted by Gasteiger charge is 2.22. The molecule has 4 nitrogen and oxygen atoms in total. The van der Waals surface area contributed by atoms with Crippen molar-refractivity contribution in [1.29, 1.82) is 0 Å². The van der Waals surface area contributed by atoms with Crippen LogP contribution in [0.5, 0.6) is 0 Å². The molecule has 0 atom stereocenters. The zero-order valence-corrected chi connectivity index (χ0v) is 37.7. The van der Waals surface area contributed by atoms with Crippen LogP contribution in [0.4, 0.5) is 5.69 Å². The standard InChI is InChI=1S/C57H32N4S4/c1-3-13-45-36(9-1)37-10-2-4-14-46(37)61(45)34-29-40(57-44(30-34)54-51(64-57)17-8-24-60-54)33-27-39(32-19-21-48-43(26-32)53-50(63-48)16-7-23-59-53)56-41(28-33)38-12-5-11-35(55(38)65-56)31-18-20-47-42(25-31)52-49(62-47)15-6-22-58-52/h1-21,23-30,58H,22H2. The number of thiophene rings is 4. The van der Waals surface area contributed by atoms with Crippen molar-refractivity contribution in [3.63, 3.8) is 0 Å². The van der Waals surface area contributed by atoms with Crippen LogP contribution in [-0.4, -0.2) is 21.1 Å². The summed E-state index contributed by atoms with van der Waals surface area (Å²) in [6.07, 6.45) is 8.31. The van der Waals surface area contributed by atoms with Gasteiger partial charge in [0.25, 0.3) is 0 Å². The van der Waals surface area contributed by atoms with E-state index < -0.39 is 0 Å². The Morgan fingerprint density at radius 3 is 1.89 bits per heavy atom. The minimum absolute atomic E-state index is 0.856. The van der Waals surface area contributed by atoms with Gasteiger partial charge in [0.2, 0.25) is 0 Å². The van der Waals surface area contributed by atoms with Gasteiger partial charge < -0.3 is 9.88 Å². The van der Waals surface area contributed by atoms with Gasteiger partial charge in [-0.25, -0.2) is 0 Å². The molecule has 0 radical (unpaired) electrons. The highest BCUT2D eigenvalue weighted by Crippen LogP contribution is 2.50. The van der Waals surface area contributed by atoms with Gasteiger partial charge in [0, 0.05) is 97.0 Å². The Morgan fingerprint density at radius 2 is 1.08 bits per heavy atom. The first-order valence-electron chi connectivity index (χ1n) is 21.7. The van der Waals surface area contributed by atoms with Crippen LogP contribution < -0.4 is 5.32 Å². The van der Waals surface area contributed by atoms with Gasteiger partial charge in [-0.1, -0.05) is 72.8 Å². The Kier molecular flexibility index (Phi) is 7.60. The van der Waals surface area contributed by atoms with E-state index in [0.29, 0.717) is 0 Å². The molecule has 0 fully saturated rings. The molecular weight excluding hydrogens is 869 g/mol. The second-order valence-corrected chi connectivity index (χ2v) is 21.1. The van der Waals surface area contributed by atoms with Crippen LogP contribution in [0, 0.1) is 0 Å². The molecule has 0 saturated heterocycles. The first kappa shape index (κ1) is 36.2. The fourth-order valence-corrected chi connectivity index (χ4v) is 15.1. The third-order valence-corrected chi connectivity index (χ3v) is 18.0. The molecule has 1 N–H and O–H groups in total. The number of anilines is 1. The van der Waals surface area contributed by atoms with Crippen LogP contribution >= 0.6 is 45.3 Å². The lowest BCUT2D eigenvalue weighted by molar-refractivity contribution is 1.19. The normalized spacial score (nSPS) is 12.9. The molecule has 0 bridgehead atoms. The molecule has 1 aliphatic rings. The van der Waals surface area contributed by atoms with Gasteiger partial charge in [-0.3, -0.25) is 9.97 Å². The molecule has 7 aromatic carbocycles. The minimum atomic E-state index is 0.856. The van der Waals surface area contributed by atoms with Crippen LogP contribution in [0.3, 0.4) is 0 Å². The van der Waals surface area contributed by atoms with Gasteiger partial charge in [-0.05, 0) is 113 Å². The summed E-state index contributed by atoms with van der Waals surface area (Å²) in [6, 6.07) is 56.7. The molecule has 7 aromatic heterocycles. The predicted octanol–water partition coefficient (Wildman–Crippen LogP) is 17.3. The molecule has 65 heavy (non-hydrogen) atoms. The monoisotopic (exact) mass is 900 g/mol. The van der Waals surface area contributed by atoms with Gasteiger partial charge in [0.15, 0.2) is 0 Å². The van der Waals surface area contributed by atoms with Crippen LogP contribution in [0.1, 0.15) is 4.88 Å². The van der Waals surface area contributed by atoms with Gasteiger partial charge in [-0.2, -0.15) is 0 Å². The average Bonchev–Trinajstić information content (AvgIpc) is 4.18. The fraction of sp³-hybridized carbons (Fsp3) is 0.0175. The predicted molar refractivity (Wildman–Crippen MR) is 284 cm³/mol. The summed E-state index contributed by atoms with van der Waals surface area (Å²) in [6.45, 7) is 0.856. The number of aromatic nitrogens is 3. The Bertz CT molecular complexity index is 4330. The number of rotatable bonds is 4. The summed E-state index contributed by atoms with van der Waals surface area (Å²) < 4.78 is 11.2. The van der Waals surface area contributed by atoms with E-state index in [1.54, 1.807) is 0 Å². The molecule has 0 amide bonds. The van der Waals surface area contributed by atoms with Crippen molar-refractivity contribution in [2.45, 2.75) is 0 Å². The maximum Gasteiger partial charge on any atom is 0.0889 e. The fourth-order valence-electron chi connectivity index (χ4n) is 10.4. The van der Waals surface area contributed by atoms with Crippen molar-refractivity contribution in [2.24, 2.45) is 0 Å². The number of benzene rings is 7. The first-order valence-corrected chi connectivity index (χ1v) is 25.0. The van der Waals surface area contributed by atoms with E-state index in [9.17, 15) is 0 Å². The summed E-state index contributed by atoms with van der Waals surface area (Å²) in [7, 11) is 0. The SMILES string of the molecule is C1=Cc2sc3ccc(-c4cccc5c4sc4c(-c6ccc7sc8cccnc8c7c6)cc(-c6cc(-n7c8ccccc8c8ccccc87)cc7c6sc6cccnc67)cc45)cc3c2NC1. The van der Waals surface area contributed by atoms with Gasteiger partial charge in [0.05, 0.1) is 42.0 Å². The van der Waals surface area contributed by atoms with E-state index >= 15 is 0 Å². The summed E-state index contributed by atoms with van der Waals surface area (Å²) in [4.78, 5) is 11.2. The Balaban J connectivity index is 1.04. The summed E-state index contributed by atoms with van der Waals surface area (Å²) in [5.74, 6) is 0. The zero-order valence-electron chi connectivity index (χ0n) is 34.4. The van der Waals surface area contributed by atoms with E-state index in [1.165, 1.54) is 126 Å². The van der Waals surface area contributed by atoms with E-state index in [0.717, 1.165) is 23.3 Å². The zero-order chi connectivity index (χ0) is 42.3. The van der Waals surface area contributed by atoms with E-state index in [4.69, 9.17) is 9.97 Å². The maximum absolute atomic E-state index is 5.02. The van der Waals surface area contributed by atoms with Crippen molar-refractivity contribution in [2.75, 3.05) is 11.9 Å². The van der Waals surface area contributed by atoms with E-state index in [2.05, 4.69) is 168 Å². The van der Waals surface area contributed by atoms with Crippen LogP contribution in [0.2, 0.25) is 0 Å². The number of fused-ring (bicyclic) bond motifs is 15. The van der Waals surface area contributed by atoms with Crippen molar-refractivity contribution < 1.29 is 0 Å². The molecule has 15 rings (SSSR count). The van der Waals surface area contributed by atoms with Crippen molar-refractivity contribution in [3.8, 4) is 39.1 Å². The summed E-state index contributed by atoms with van der Waals surface area (Å²) in [5, 5.41) is 12.4. The van der Waals surface area contributed by atoms with Crippen molar-refractivity contribution >= 4 is 150 Å². The lowest BCUT2D eigenvalue weighted by Crippen LogP contribution is -2.01. The Morgan fingerprint density at radius 1 is 0.431 bits per heavy atom. The molecule has 0 aliphatic carbocycles. The molecule has 0 unspecified atom stereocenters. The highest BCUT2D eigenvalue weighted by atomic mass is 32.1. The van der Waals surface area contributed by atoms with Crippen molar-refractivity contribution in [1.82, 2.24) is 14.5 Å². The molecule has 8 heterocycles. The number of nitrogens with one attached hydrogen (secondary N) is 1. The largest absolute Gasteiger partial charge is 0.380 e. The Hall–Kier alpha value is -7.20. The summed E-state index contributed by atoms with van der Waals surface area (Å²) in [5.41, 5.74) is 14.2. The second kappa shape index (κ2) is 13.7. The van der Waals surface area contributed by atoms with Crippen LogP contribution in [-0.2, 0) is 0 Å². The lowest BCUT2D eigenvalue weighted by atomic mass is 9.94. The smallest absolute Gasteiger partial charge is 0.0889 e. The quantitative estimate of drug-likeness (QED) is 0.191. The van der Waals surface area contributed by atoms with Crippen LogP contribution in [0.25, 0.3) is 138 Å². The number of pyridine rings is 2. The minimum Gasteiger partial charge on any atom is -0.380 e. The molecule has 0 saturated carbocycles. The number of nitrogens with zero attached hydrogens (tertiary/aromatic N) is 3. The topological polar surface area (TPSA) is 42.7 Å². The number of para-hydroxylation sites is 2. The molecule has 14 aromatic rings. The molecule has 1 aliphatic heterocycles.